The molecule has 4 nitrogen and oxygen atoms in total. The van der Waals surface area contributed by atoms with Gasteiger partial charge in [0.25, 0.3) is 0 Å². The third-order valence-electron chi connectivity index (χ3n) is 1.97. The van der Waals surface area contributed by atoms with Crippen molar-refractivity contribution < 1.29 is 43.2 Å². The Morgan fingerprint density at radius 2 is 2.06 bits per heavy atom. The molecule has 0 fully saturated rings. The molecule has 0 radical (unpaired) electrons. The number of aliphatic hydroxyl groups excluding tert-OH is 1. The second-order valence-corrected chi connectivity index (χ2v) is 3.15. The summed E-state index contributed by atoms with van der Waals surface area (Å²) in [6.45, 7) is 2.88. The summed E-state index contributed by atoms with van der Waals surface area (Å²) >= 11 is 0. The number of esters is 1. The second kappa shape index (κ2) is 8.46. The number of aromatic nitrogens is 1. The normalized spacial score (nSPS) is 9.38. The van der Waals surface area contributed by atoms with Crippen LogP contribution >= 0.6 is 0 Å². The summed E-state index contributed by atoms with van der Waals surface area (Å²) in [7, 11) is 0. The van der Waals surface area contributed by atoms with Crippen LogP contribution in [0.5, 0.6) is 0 Å². The Kier molecular flexibility index (Phi) is 8.10. The highest BCUT2D eigenvalue weighted by Gasteiger charge is 2.05. The van der Waals surface area contributed by atoms with Crippen LogP contribution in [0.3, 0.4) is 0 Å². The minimum Gasteiger partial charge on any atom is -1.00 e. The smallest absolute Gasteiger partial charge is 0.310 e. The Morgan fingerprint density at radius 1 is 1.44 bits per heavy atom. The van der Waals surface area contributed by atoms with Gasteiger partial charge in [0.15, 0.2) is 18.9 Å². The highest BCUT2D eigenvalue weighted by atomic mass is 127. The van der Waals surface area contributed by atoms with Gasteiger partial charge in [0.2, 0.25) is 0 Å². The molecule has 1 N–H and O–H groups in total. The fourth-order valence-corrected chi connectivity index (χ4v) is 1.25. The molecule has 1 aromatic heterocycles. The first-order chi connectivity index (χ1) is 7.26. The van der Waals surface area contributed by atoms with Crippen molar-refractivity contribution in [3.05, 3.63) is 30.1 Å². The molecule has 16 heavy (non-hydrogen) atoms. The number of hydrogen-bond acceptors (Lipinski definition) is 3. The van der Waals surface area contributed by atoms with E-state index in [-0.39, 0.29) is 36.6 Å². The first-order valence-corrected chi connectivity index (χ1v) is 5.00. The molecule has 0 amide bonds. The predicted octanol–water partition coefficient (Wildman–Crippen LogP) is -2.92. The molecular formula is C11H16INO3. The first kappa shape index (κ1) is 15.3. The Morgan fingerprint density at radius 3 is 2.56 bits per heavy atom. The lowest BCUT2D eigenvalue weighted by molar-refractivity contribution is -0.698. The summed E-state index contributed by atoms with van der Waals surface area (Å²) in [5.74, 6) is -0.211. The van der Waals surface area contributed by atoms with Crippen molar-refractivity contribution in [2.24, 2.45) is 0 Å². The van der Waals surface area contributed by atoms with E-state index in [0.29, 0.717) is 19.6 Å². The monoisotopic (exact) mass is 337 g/mol. The molecule has 0 spiro atoms. The zero-order valence-corrected chi connectivity index (χ0v) is 11.4. The Balaban J connectivity index is 0.00000225. The van der Waals surface area contributed by atoms with Crippen LogP contribution in [0.2, 0.25) is 0 Å². The van der Waals surface area contributed by atoms with Crippen LogP contribution in [-0.2, 0) is 22.5 Å². The molecule has 0 aliphatic carbocycles. The van der Waals surface area contributed by atoms with Crippen molar-refractivity contribution in [2.75, 3.05) is 13.2 Å². The van der Waals surface area contributed by atoms with Crippen LogP contribution in [0.25, 0.3) is 0 Å². The summed E-state index contributed by atoms with van der Waals surface area (Å²) in [6.07, 6.45) is 3.98. The quantitative estimate of drug-likeness (QED) is 0.356. The second-order valence-electron chi connectivity index (χ2n) is 3.15. The molecule has 0 unspecified atom stereocenters. The van der Waals surface area contributed by atoms with Gasteiger partial charge in [0, 0.05) is 12.1 Å². The Hall–Kier alpha value is -0.690. The predicted molar refractivity (Wildman–Crippen MR) is 54.1 cm³/mol. The average molecular weight is 337 g/mol. The lowest BCUT2D eigenvalue weighted by Crippen LogP contribution is -3.00. The van der Waals surface area contributed by atoms with E-state index in [0.717, 1.165) is 5.56 Å². The minimum atomic E-state index is -0.211. The molecule has 0 saturated carbocycles. The number of carbonyl (C=O) groups excluding carboxylic acids is 1. The molecule has 90 valence electrons. The van der Waals surface area contributed by atoms with Gasteiger partial charge in [0.1, 0.15) is 6.61 Å². The van der Waals surface area contributed by atoms with Crippen LogP contribution in [-0.4, -0.2) is 24.3 Å². The number of hydrogen-bond donors (Lipinski definition) is 1. The molecular weight excluding hydrogens is 321 g/mol. The summed E-state index contributed by atoms with van der Waals surface area (Å²) in [4.78, 5) is 11.2. The number of ether oxygens (including phenoxy) is 1. The number of halogens is 1. The van der Waals surface area contributed by atoms with E-state index < -0.39 is 0 Å². The maximum absolute atomic E-state index is 11.2. The summed E-state index contributed by atoms with van der Waals surface area (Å²) < 4.78 is 6.69. The SMILES string of the molecule is CCOC(=O)Cc1cc[n+](CCO)cc1.[I-]. The van der Waals surface area contributed by atoms with E-state index in [1.165, 1.54) is 0 Å². The van der Waals surface area contributed by atoms with Crippen molar-refractivity contribution in [1.82, 2.24) is 0 Å². The highest BCUT2D eigenvalue weighted by molar-refractivity contribution is 5.72. The van der Waals surface area contributed by atoms with Crippen molar-refractivity contribution >= 4 is 5.97 Å². The number of nitrogens with zero attached hydrogens (tertiary/aromatic N) is 1. The van der Waals surface area contributed by atoms with E-state index in [4.69, 9.17) is 9.84 Å². The number of aliphatic hydroxyl groups is 1. The lowest BCUT2D eigenvalue weighted by Gasteiger charge is -2.01. The van der Waals surface area contributed by atoms with Crippen molar-refractivity contribution in [3.63, 3.8) is 0 Å². The van der Waals surface area contributed by atoms with Gasteiger partial charge in [0.05, 0.1) is 13.0 Å². The van der Waals surface area contributed by atoms with Crippen LogP contribution in [0.1, 0.15) is 12.5 Å². The molecule has 1 aromatic rings. The Bertz CT molecular complexity index is 314. The standard InChI is InChI=1S/C11H16NO3.HI/c1-2-15-11(14)9-10-3-5-12(6-4-10)7-8-13;/h3-6,13H,2,7-9H2,1H3;1H/q+1;/p-1. The third-order valence-corrected chi connectivity index (χ3v) is 1.97. The molecule has 0 aromatic carbocycles. The van der Waals surface area contributed by atoms with Gasteiger partial charge < -0.3 is 33.8 Å². The Labute approximate surface area is 112 Å². The minimum absolute atomic E-state index is 0. The maximum Gasteiger partial charge on any atom is 0.310 e. The molecule has 0 aliphatic heterocycles. The number of pyridine rings is 1. The number of carbonyl (C=O) groups is 1. The largest absolute Gasteiger partial charge is 1.00 e. The fourth-order valence-electron chi connectivity index (χ4n) is 1.25. The molecule has 1 heterocycles. The topological polar surface area (TPSA) is 50.4 Å². The summed E-state index contributed by atoms with van der Waals surface area (Å²) in [6, 6.07) is 3.71. The summed E-state index contributed by atoms with van der Waals surface area (Å²) in [5, 5.41) is 8.71. The van der Waals surface area contributed by atoms with Crippen LogP contribution < -0.4 is 28.5 Å². The van der Waals surface area contributed by atoms with Crippen LogP contribution in [0.15, 0.2) is 24.5 Å². The van der Waals surface area contributed by atoms with Gasteiger partial charge >= 0.3 is 5.97 Å². The highest BCUT2D eigenvalue weighted by Crippen LogP contribution is 1.98. The fraction of sp³-hybridized carbons (Fsp3) is 0.455. The molecule has 5 heteroatoms. The van der Waals surface area contributed by atoms with Crippen LogP contribution in [0, 0.1) is 0 Å². The number of rotatable bonds is 5. The van der Waals surface area contributed by atoms with Gasteiger partial charge in [-0.3, -0.25) is 4.79 Å². The summed E-state index contributed by atoms with van der Waals surface area (Å²) in [5.41, 5.74) is 0.919. The van der Waals surface area contributed by atoms with Crippen molar-refractivity contribution in [1.29, 1.82) is 0 Å². The molecule has 1 rings (SSSR count). The lowest BCUT2D eigenvalue weighted by atomic mass is 10.2. The van der Waals surface area contributed by atoms with Gasteiger partial charge in [-0.1, -0.05) is 0 Å². The molecule has 0 saturated heterocycles. The van der Waals surface area contributed by atoms with Gasteiger partial charge in [-0.2, -0.15) is 0 Å². The van der Waals surface area contributed by atoms with E-state index in [9.17, 15) is 4.79 Å². The van der Waals surface area contributed by atoms with Gasteiger partial charge in [-0.25, -0.2) is 4.57 Å². The zero-order valence-electron chi connectivity index (χ0n) is 9.23. The van der Waals surface area contributed by atoms with Gasteiger partial charge in [-0.05, 0) is 12.5 Å². The van der Waals surface area contributed by atoms with Crippen molar-refractivity contribution in [3.8, 4) is 0 Å². The molecule has 0 bridgehead atoms. The van der Waals surface area contributed by atoms with E-state index >= 15 is 0 Å². The van der Waals surface area contributed by atoms with Gasteiger partial charge in [-0.15, -0.1) is 0 Å². The van der Waals surface area contributed by atoms with E-state index in [1.807, 2.05) is 29.1 Å². The third kappa shape index (κ3) is 5.41. The van der Waals surface area contributed by atoms with Crippen molar-refractivity contribution in [2.45, 2.75) is 19.9 Å². The van der Waals surface area contributed by atoms with Crippen LogP contribution in [0.4, 0.5) is 0 Å². The van der Waals surface area contributed by atoms with E-state index in [2.05, 4.69) is 0 Å². The van der Waals surface area contributed by atoms with E-state index in [1.54, 1.807) is 6.92 Å². The maximum atomic E-state index is 11.2. The molecule has 0 aliphatic rings. The molecule has 0 atom stereocenters. The zero-order chi connectivity index (χ0) is 11.1. The average Bonchev–Trinajstić information content (AvgIpc) is 2.22. The first-order valence-electron chi connectivity index (χ1n) is 5.00.